The van der Waals surface area contributed by atoms with Crippen LogP contribution >= 0.6 is 0 Å². The van der Waals surface area contributed by atoms with Gasteiger partial charge in [0.05, 0.1) is 0 Å². The molecule has 150 valence electrons. The van der Waals surface area contributed by atoms with E-state index in [1.165, 1.54) is 0 Å². The number of carbonyl (C=O) groups is 2. The van der Waals surface area contributed by atoms with Crippen LogP contribution in [0.1, 0.15) is 81.0 Å². The lowest BCUT2D eigenvalue weighted by Gasteiger charge is -2.35. The second-order valence-corrected chi connectivity index (χ2v) is 8.73. The van der Waals surface area contributed by atoms with E-state index in [1.54, 1.807) is 0 Å². The molecule has 0 N–H and O–H groups in total. The van der Waals surface area contributed by atoms with Crippen molar-refractivity contribution in [2.75, 3.05) is 0 Å². The maximum absolute atomic E-state index is 13.2. The Morgan fingerprint density at radius 3 is 1.32 bits per heavy atom. The predicted molar refractivity (Wildman–Crippen MR) is 117 cm³/mol. The predicted octanol–water partition coefficient (Wildman–Crippen LogP) is 7.00. The second kappa shape index (κ2) is 9.32. The molecule has 2 nitrogen and oxygen atoms in total. The number of hydrogen-bond donors (Lipinski definition) is 0. The Labute approximate surface area is 170 Å². The molecule has 2 heteroatoms. The van der Waals surface area contributed by atoms with Gasteiger partial charge in [0.25, 0.3) is 0 Å². The third-order valence-electron chi connectivity index (χ3n) is 6.33. The van der Waals surface area contributed by atoms with E-state index < -0.39 is 10.8 Å². The highest BCUT2D eigenvalue weighted by Gasteiger charge is 2.38. The fourth-order valence-electron chi connectivity index (χ4n) is 4.28. The molecule has 0 aliphatic heterocycles. The number of rotatable bonds is 10. The summed E-state index contributed by atoms with van der Waals surface area (Å²) >= 11 is 0. The lowest BCUT2D eigenvalue weighted by molar-refractivity contribution is 0.0695. The molecule has 0 aromatic heterocycles. The molecule has 28 heavy (non-hydrogen) atoms. The normalized spacial score (nSPS) is 16.6. The standard InChI is InChI=1S/C26H34O2/c1-6-25(4,23(27)21-14-10-8-11-15-21)18-20(3)19-26(5,7-2)24(28)22-16-12-9-13-17-22/h8-17,20H,6-7,18-19H2,1-5H3. The van der Waals surface area contributed by atoms with Crippen molar-refractivity contribution < 1.29 is 9.59 Å². The first kappa shape index (κ1) is 22.1. The molecule has 2 rings (SSSR count). The van der Waals surface area contributed by atoms with Crippen molar-refractivity contribution in [3.05, 3.63) is 71.8 Å². The van der Waals surface area contributed by atoms with Crippen LogP contribution in [-0.4, -0.2) is 11.6 Å². The molecule has 0 radical (unpaired) electrons. The van der Waals surface area contributed by atoms with Crippen LogP contribution in [0.15, 0.2) is 60.7 Å². The quantitative estimate of drug-likeness (QED) is 0.417. The van der Waals surface area contributed by atoms with Crippen molar-refractivity contribution in [1.82, 2.24) is 0 Å². The first-order chi connectivity index (χ1) is 13.3. The van der Waals surface area contributed by atoms with Gasteiger partial charge in [0.2, 0.25) is 0 Å². The van der Waals surface area contributed by atoms with E-state index in [-0.39, 0.29) is 17.5 Å². The minimum absolute atomic E-state index is 0.204. The van der Waals surface area contributed by atoms with Crippen molar-refractivity contribution in [2.24, 2.45) is 16.7 Å². The molecule has 0 spiro atoms. The van der Waals surface area contributed by atoms with Crippen LogP contribution < -0.4 is 0 Å². The molecule has 0 fully saturated rings. The summed E-state index contributed by atoms with van der Waals surface area (Å²) in [5, 5.41) is 0. The largest absolute Gasteiger partial charge is 0.294 e. The Morgan fingerprint density at radius 2 is 1.04 bits per heavy atom. The maximum atomic E-state index is 13.2. The zero-order valence-electron chi connectivity index (χ0n) is 18.0. The highest BCUT2D eigenvalue weighted by Crippen LogP contribution is 2.40. The lowest BCUT2D eigenvalue weighted by atomic mass is 9.68. The van der Waals surface area contributed by atoms with E-state index in [2.05, 4.69) is 34.6 Å². The Kier molecular flexibility index (Phi) is 7.35. The summed E-state index contributed by atoms with van der Waals surface area (Å²) in [7, 11) is 0. The molecule has 0 saturated heterocycles. The van der Waals surface area contributed by atoms with Gasteiger partial charge < -0.3 is 0 Å². The van der Waals surface area contributed by atoms with Crippen molar-refractivity contribution >= 4 is 11.6 Å². The third-order valence-corrected chi connectivity index (χ3v) is 6.33. The van der Waals surface area contributed by atoms with Crippen LogP contribution in [0.5, 0.6) is 0 Å². The number of carbonyl (C=O) groups excluding carboxylic acids is 2. The Morgan fingerprint density at radius 1 is 0.714 bits per heavy atom. The molecular weight excluding hydrogens is 344 g/mol. The lowest BCUT2D eigenvalue weighted by Crippen LogP contribution is -2.33. The highest BCUT2D eigenvalue weighted by atomic mass is 16.1. The average Bonchev–Trinajstić information content (AvgIpc) is 2.73. The molecule has 2 atom stereocenters. The van der Waals surface area contributed by atoms with Gasteiger partial charge in [0, 0.05) is 22.0 Å². The van der Waals surface area contributed by atoms with Crippen LogP contribution in [0.4, 0.5) is 0 Å². The Bertz CT molecular complexity index is 713. The van der Waals surface area contributed by atoms with Gasteiger partial charge in [-0.3, -0.25) is 9.59 Å². The summed E-state index contributed by atoms with van der Waals surface area (Å²) in [6.45, 7) is 10.5. The van der Waals surface area contributed by atoms with Gasteiger partial charge in [-0.2, -0.15) is 0 Å². The van der Waals surface area contributed by atoms with Crippen molar-refractivity contribution in [3.8, 4) is 0 Å². The minimum Gasteiger partial charge on any atom is -0.294 e. The summed E-state index contributed by atoms with van der Waals surface area (Å²) in [5.41, 5.74) is 0.728. The second-order valence-electron chi connectivity index (χ2n) is 8.73. The van der Waals surface area contributed by atoms with E-state index in [4.69, 9.17) is 0 Å². The molecule has 2 aromatic carbocycles. The maximum Gasteiger partial charge on any atom is 0.168 e. The summed E-state index contributed by atoms with van der Waals surface area (Å²) in [6.07, 6.45) is 3.16. The Balaban J connectivity index is 2.16. The van der Waals surface area contributed by atoms with Crippen molar-refractivity contribution in [2.45, 2.75) is 60.3 Å². The van der Waals surface area contributed by atoms with Crippen LogP contribution in [0, 0.1) is 16.7 Å². The monoisotopic (exact) mass is 378 g/mol. The van der Waals surface area contributed by atoms with E-state index in [0.29, 0.717) is 0 Å². The first-order valence-electron chi connectivity index (χ1n) is 10.5. The van der Waals surface area contributed by atoms with Crippen molar-refractivity contribution in [1.29, 1.82) is 0 Å². The van der Waals surface area contributed by atoms with Crippen LogP contribution in [0.2, 0.25) is 0 Å². The molecule has 0 bridgehead atoms. The Hall–Kier alpha value is -2.22. The van der Waals surface area contributed by atoms with Gasteiger partial charge in [0.15, 0.2) is 11.6 Å². The topological polar surface area (TPSA) is 34.1 Å². The van der Waals surface area contributed by atoms with Gasteiger partial charge in [-0.05, 0) is 31.6 Å². The molecule has 2 aromatic rings. The van der Waals surface area contributed by atoms with E-state index >= 15 is 0 Å². The van der Waals surface area contributed by atoms with E-state index in [1.807, 2.05) is 60.7 Å². The number of ketones is 2. The number of Topliss-reactive ketones (excluding diaryl/α,β-unsaturated/α-hetero) is 2. The van der Waals surface area contributed by atoms with Gasteiger partial charge in [-0.25, -0.2) is 0 Å². The molecule has 0 saturated carbocycles. The smallest absolute Gasteiger partial charge is 0.168 e. The summed E-state index contributed by atoms with van der Waals surface area (Å²) in [6, 6.07) is 19.1. The SMILES string of the molecule is CCC(C)(CC(C)CC(C)(CC)C(=O)c1ccccc1)C(=O)c1ccccc1. The fraction of sp³-hybridized carbons (Fsp3) is 0.462. The summed E-state index contributed by atoms with van der Waals surface area (Å²) in [5.74, 6) is 0.681. The fourth-order valence-corrected chi connectivity index (χ4v) is 4.28. The van der Waals surface area contributed by atoms with Gasteiger partial charge >= 0.3 is 0 Å². The number of benzene rings is 2. The first-order valence-corrected chi connectivity index (χ1v) is 10.5. The zero-order valence-corrected chi connectivity index (χ0v) is 18.0. The molecule has 0 aliphatic carbocycles. The third kappa shape index (κ3) is 4.98. The summed E-state index contributed by atoms with van der Waals surface area (Å²) < 4.78 is 0. The highest BCUT2D eigenvalue weighted by molar-refractivity contribution is 6.01. The zero-order chi connectivity index (χ0) is 20.8. The molecule has 0 aliphatic rings. The summed E-state index contributed by atoms with van der Waals surface area (Å²) in [4.78, 5) is 26.3. The van der Waals surface area contributed by atoms with Gasteiger partial charge in [-0.15, -0.1) is 0 Å². The average molecular weight is 379 g/mol. The number of hydrogen-bond acceptors (Lipinski definition) is 2. The molecule has 2 unspecified atom stereocenters. The van der Waals surface area contributed by atoms with Crippen LogP contribution in [0.3, 0.4) is 0 Å². The van der Waals surface area contributed by atoms with Crippen LogP contribution in [-0.2, 0) is 0 Å². The molecule has 0 heterocycles. The minimum atomic E-state index is -0.411. The van der Waals surface area contributed by atoms with E-state index in [9.17, 15) is 9.59 Å². The van der Waals surface area contributed by atoms with E-state index in [0.717, 1.165) is 36.8 Å². The van der Waals surface area contributed by atoms with Gasteiger partial charge in [-0.1, -0.05) is 95.3 Å². The molecule has 0 amide bonds. The van der Waals surface area contributed by atoms with Crippen LogP contribution in [0.25, 0.3) is 0 Å². The molecular formula is C26H34O2. The van der Waals surface area contributed by atoms with Crippen molar-refractivity contribution in [3.63, 3.8) is 0 Å². The van der Waals surface area contributed by atoms with Gasteiger partial charge in [0.1, 0.15) is 0 Å².